The number of para-hydroxylation sites is 1. The summed E-state index contributed by atoms with van der Waals surface area (Å²) in [6, 6.07) is 6.40. The minimum absolute atomic E-state index is 0.0212. The van der Waals surface area contributed by atoms with Gasteiger partial charge in [-0.25, -0.2) is 0 Å². The number of carbonyl (C=O) groups is 1. The number of hydrogen-bond donors (Lipinski definition) is 2. The number of rotatable bonds is 4. The van der Waals surface area contributed by atoms with Crippen LogP contribution in [0, 0.1) is 0 Å². The van der Waals surface area contributed by atoms with Crippen LogP contribution >= 0.6 is 0 Å². The Bertz CT molecular complexity index is 391. The van der Waals surface area contributed by atoms with Gasteiger partial charge in [-0.15, -0.1) is 0 Å². The lowest BCUT2D eigenvalue weighted by Crippen LogP contribution is -2.26. The molecule has 1 rings (SSSR count). The molecule has 1 aromatic rings. The van der Waals surface area contributed by atoms with Crippen molar-refractivity contribution in [2.45, 2.75) is 19.0 Å². The fourth-order valence-electron chi connectivity index (χ4n) is 1.29. The standard InChI is InChI=1S/C11H13F3N2O/c12-11(13,14)6-3-7-16-10(17)8-4-1-2-5-9(8)15/h1-2,4-5H,3,6-7,15H2,(H,16,17). The van der Waals surface area contributed by atoms with Gasteiger partial charge in [-0.2, -0.15) is 13.2 Å². The molecular weight excluding hydrogens is 233 g/mol. The normalized spacial score (nSPS) is 11.2. The van der Waals surface area contributed by atoms with Crippen LogP contribution in [0.25, 0.3) is 0 Å². The lowest BCUT2D eigenvalue weighted by molar-refractivity contribution is -0.135. The molecular formula is C11H13F3N2O. The number of carbonyl (C=O) groups excluding carboxylic acids is 1. The summed E-state index contributed by atoms with van der Waals surface area (Å²) in [5, 5.41) is 2.39. The number of nitrogen functional groups attached to an aromatic ring is 1. The lowest BCUT2D eigenvalue weighted by Gasteiger charge is -2.08. The summed E-state index contributed by atoms with van der Waals surface area (Å²) in [6.07, 6.45) is -5.23. The third-order valence-corrected chi connectivity index (χ3v) is 2.13. The zero-order valence-corrected chi connectivity index (χ0v) is 9.05. The number of alkyl halides is 3. The van der Waals surface area contributed by atoms with E-state index in [2.05, 4.69) is 5.32 Å². The first kappa shape index (κ1) is 13.3. The topological polar surface area (TPSA) is 55.1 Å². The SMILES string of the molecule is Nc1ccccc1C(=O)NCCCC(F)(F)F. The zero-order chi connectivity index (χ0) is 12.9. The summed E-state index contributed by atoms with van der Waals surface area (Å²) in [5.41, 5.74) is 6.14. The fourth-order valence-corrected chi connectivity index (χ4v) is 1.29. The van der Waals surface area contributed by atoms with Crippen molar-refractivity contribution in [3.05, 3.63) is 29.8 Å². The molecule has 0 aliphatic heterocycles. The van der Waals surface area contributed by atoms with Gasteiger partial charge in [0.25, 0.3) is 5.91 Å². The molecule has 0 aromatic heterocycles. The average molecular weight is 246 g/mol. The first-order valence-corrected chi connectivity index (χ1v) is 5.09. The molecule has 3 nitrogen and oxygen atoms in total. The maximum atomic E-state index is 11.8. The van der Waals surface area contributed by atoms with E-state index in [4.69, 9.17) is 5.73 Å². The molecule has 0 heterocycles. The molecule has 94 valence electrons. The smallest absolute Gasteiger partial charge is 0.389 e. The highest BCUT2D eigenvalue weighted by Crippen LogP contribution is 2.20. The molecule has 0 aliphatic carbocycles. The summed E-state index contributed by atoms with van der Waals surface area (Å²) in [5.74, 6) is -0.453. The predicted molar refractivity (Wildman–Crippen MR) is 58.5 cm³/mol. The van der Waals surface area contributed by atoms with E-state index >= 15 is 0 Å². The van der Waals surface area contributed by atoms with E-state index in [1.165, 1.54) is 6.07 Å². The Hall–Kier alpha value is -1.72. The van der Waals surface area contributed by atoms with Gasteiger partial charge < -0.3 is 11.1 Å². The molecule has 1 amide bonds. The number of anilines is 1. The molecule has 1 aromatic carbocycles. The van der Waals surface area contributed by atoms with Crippen LogP contribution in [0.1, 0.15) is 23.2 Å². The van der Waals surface area contributed by atoms with Crippen molar-refractivity contribution >= 4 is 11.6 Å². The predicted octanol–water partition coefficient (Wildman–Crippen LogP) is 2.34. The third kappa shape index (κ3) is 4.76. The number of nitrogens with two attached hydrogens (primary N) is 1. The number of halogens is 3. The molecule has 0 radical (unpaired) electrons. The Kier molecular flexibility index (Phi) is 4.37. The Morgan fingerprint density at radius 2 is 1.94 bits per heavy atom. The average Bonchev–Trinajstić information content (AvgIpc) is 2.23. The van der Waals surface area contributed by atoms with Gasteiger partial charge in [-0.3, -0.25) is 4.79 Å². The van der Waals surface area contributed by atoms with Crippen LogP contribution in [0.3, 0.4) is 0 Å². The summed E-state index contributed by atoms with van der Waals surface area (Å²) in [6.45, 7) is -0.0212. The van der Waals surface area contributed by atoms with E-state index in [1.54, 1.807) is 18.2 Å². The van der Waals surface area contributed by atoms with E-state index in [1.807, 2.05) is 0 Å². The molecule has 17 heavy (non-hydrogen) atoms. The Morgan fingerprint density at radius 3 is 2.53 bits per heavy atom. The number of benzene rings is 1. The second-order valence-electron chi connectivity index (χ2n) is 3.56. The van der Waals surface area contributed by atoms with Crippen molar-refractivity contribution in [2.24, 2.45) is 0 Å². The van der Waals surface area contributed by atoms with Crippen LogP contribution < -0.4 is 11.1 Å². The molecule has 0 saturated carbocycles. The van der Waals surface area contributed by atoms with E-state index in [-0.39, 0.29) is 18.5 Å². The molecule has 0 unspecified atom stereocenters. The van der Waals surface area contributed by atoms with Gasteiger partial charge in [-0.1, -0.05) is 12.1 Å². The first-order chi connectivity index (χ1) is 7.90. The Labute approximate surface area is 96.8 Å². The largest absolute Gasteiger partial charge is 0.398 e. The van der Waals surface area contributed by atoms with Crippen molar-refractivity contribution in [3.63, 3.8) is 0 Å². The van der Waals surface area contributed by atoms with Crippen molar-refractivity contribution in [2.75, 3.05) is 12.3 Å². The highest BCUT2D eigenvalue weighted by atomic mass is 19.4. The Balaban J connectivity index is 2.39. The molecule has 0 saturated heterocycles. The van der Waals surface area contributed by atoms with E-state index in [0.29, 0.717) is 5.69 Å². The maximum absolute atomic E-state index is 11.8. The number of nitrogens with one attached hydrogen (secondary N) is 1. The van der Waals surface area contributed by atoms with Gasteiger partial charge in [0.05, 0.1) is 5.56 Å². The summed E-state index contributed by atoms with van der Waals surface area (Å²) in [4.78, 5) is 11.5. The van der Waals surface area contributed by atoms with Crippen LogP contribution in [0.15, 0.2) is 24.3 Å². The minimum Gasteiger partial charge on any atom is -0.398 e. The van der Waals surface area contributed by atoms with Crippen LogP contribution in [-0.2, 0) is 0 Å². The van der Waals surface area contributed by atoms with Crippen molar-refractivity contribution in [1.82, 2.24) is 5.32 Å². The van der Waals surface area contributed by atoms with Crippen molar-refractivity contribution in [3.8, 4) is 0 Å². The van der Waals surface area contributed by atoms with E-state index in [0.717, 1.165) is 0 Å². The first-order valence-electron chi connectivity index (χ1n) is 5.09. The second kappa shape index (κ2) is 5.56. The molecule has 0 fully saturated rings. The quantitative estimate of drug-likeness (QED) is 0.633. The molecule has 0 atom stereocenters. The number of hydrogen-bond acceptors (Lipinski definition) is 2. The highest BCUT2D eigenvalue weighted by Gasteiger charge is 2.26. The number of amides is 1. The van der Waals surface area contributed by atoms with Gasteiger partial charge in [0.1, 0.15) is 0 Å². The minimum atomic E-state index is -4.18. The van der Waals surface area contributed by atoms with E-state index in [9.17, 15) is 18.0 Å². The van der Waals surface area contributed by atoms with Crippen molar-refractivity contribution in [1.29, 1.82) is 0 Å². The van der Waals surface area contributed by atoms with Crippen molar-refractivity contribution < 1.29 is 18.0 Å². The van der Waals surface area contributed by atoms with Gasteiger partial charge in [0, 0.05) is 18.7 Å². The highest BCUT2D eigenvalue weighted by molar-refractivity contribution is 5.98. The molecule has 0 spiro atoms. The van der Waals surface area contributed by atoms with Crippen LogP contribution in [0.4, 0.5) is 18.9 Å². The zero-order valence-electron chi connectivity index (χ0n) is 9.05. The van der Waals surface area contributed by atoms with Crippen LogP contribution in [0.5, 0.6) is 0 Å². The van der Waals surface area contributed by atoms with Gasteiger partial charge in [-0.05, 0) is 18.6 Å². The summed E-state index contributed by atoms with van der Waals surface area (Å²) in [7, 11) is 0. The summed E-state index contributed by atoms with van der Waals surface area (Å²) < 4.78 is 35.5. The maximum Gasteiger partial charge on any atom is 0.389 e. The Morgan fingerprint density at radius 1 is 1.29 bits per heavy atom. The lowest BCUT2D eigenvalue weighted by atomic mass is 10.1. The molecule has 0 aliphatic rings. The van der Waals surface area contributed by atoms with Gasteiger partial charge >= 0.3 is 6.18 Å². The van der Waals surface area contributed by atoms with E-state index < -0.39 is 18.5 Å². The van der Waals surface area contributed by atoms with Crippen LogP contribution in [0.2, 0.25) is 0 Å². The second-order valence-corrected chi connectivity index (χ2v) is 3.56. The monoisotopic (exact) mass is 246 g/mol. The fraction of sp³-hybridized carbons (Fsp3) is 0.364. The molecule has 6 heteroatoms. The molecule has 0 bridgehead atoms. The molecule has 3 N–H and O–H groups in total. The summed E-state index contributed by atoms with van der Waals surface area (Å²) >= 11 is 0. The third-order valence-electron chi connectivity index (χ3n) is 2.13. The van der Waals surface area contributed by atoms with Gasteiger partial charge in [0.2, 0.25) is 0 Å². The van der Waals surface area contributed by atoms with Crippen LogP contribution in [-0.4, -0.2) is 18.6 Å². The van der Waals surface area contributed by atoms with Gasteiger partial charge in [0.15, 0.2) is 0 Å².